The number of nitrogens with zero attached hydrogens (tertiary/aromatic N) is 2. The Hall–Kier alpha value is -1.89. The molecule has 0 spiro atoms. The molecule has 1 fully saturated rings. The maximum atomic E-state index is 13.1. The van der Waals surface area contributed by atoms with Gasteiger partial charge in [-0.2, -0.15) is 0 Å². The Morgan fingerprint density at radius 2 is 1.94 bits per heavy atom. The minimum Gasteiger partial charge on any atom is -0.481 e. The van der Waals surface area contributed by atoms with Gasteiger partial charge >= 0.3 is 12.0 Å². The van der Waals surface area contributed by atoms with Crippen LogP contribution in [0.2, 0.25) is 10.0 Å². The number of carbonyl (C=O) groups is 2. The quantitative estimate of drug-likeness (QED) is 0.363. The number of urea groups is 1. The minimum absolute atomic E-state index is 0.0344. The van der Waals surface area contributed by atoms with Gasteiger partial charge in [0.15, 0.2) is 0 Å². The fourth-order valence-corrected chi connectivity index (χ4v) is 5.16. The maximum Gasteiger partial charge on any atom is 0.320 e. The van der Waals surface area contributed by atoms with Crippen LogP contribution in [0.1, 0.15) is 24.0 Å². The number of amides is 2. The van der Waals surface area contributed by atoms with Gasteiger partial charge in [0.25, 0.3) is 0 Å². The summed E-state index contributed by atoms with van der Waals surface area (Å²) in [5.41, 5.74) is 2.02. The van der Waals surface area contributed by atoms with Gasteiger partial charge in [0.1, 0.15) is 0 Å². The lowest BCUT2D eigenvalue weighted by Gasteiger charge is -2.40. The minimum atomic E-state index is -0.848. The van der Waals surface area contributed by atoms with Crippen LogP contribution in [-0.2, 0) is 11.3 Å². The van der Waals surface area contributed by atoms with E-state index in [1.165, 1.54) is 10.5 Å². The predicted molar refractivity (Wildman–Crippen MR) is 126 cm³/mol. The summed E-state index contributed by atoms with van der Waals surface area (Å²) < 4.78 is 0. The summed E-state index contributed by atoms with van der Waals surface area (Å²) in [7, 11) is 0. The first kappa shape index (κ1) is 23.8. The predicted octanol–water partition coefficient (Wildman–Crippen LogP) is 5.81. The molecule has 2 amide bonds. The number of benzene rings is 2. The van der Waals surface area contributed by atoms with Crippen molar-refractivity contribution in [2.75, 3.05) is 25.4 Å². The van der Waals surface area contributed by atoms with Crippen molar-refractivity contribution < 1.29 is 14.7 Å². The smallest absolute Gasteiger partial charge is 0.320 e. The van der Waals surface area contributed by atoms with Gasteiger partial charge in [-0.25, -0.2) is 4.79 Å². The van der Waals surface area contributed by atoms with Crippen LogP contribution in [0.5, 0.6) is 0 Å². The van der Waals surface area contributed by atoms with Crippen LogP contribution in [0.3, 0.4) is 0 Å². The van der Waals surface area contributed by atoms with E-state index in [9.17, 15) is 14.7 Å². The van der Waals surface area contributed by atoms with Gasteiger partial charge in [-0.05, 0) is 48.9 Å². The van der Waals surface area contributed by atoms with Crippen molar-refractivity contribution >= 4 is 47.0 Å². The van der Waals surface area contributed by atoms with E-state index in [0.29, 0.717) is 36.2 Å². The zero-order chi connectivity index (χ0) is 22.4. The molecule has 0 saturated carbocycles. The lowest BCUT2D eigenvalue weighted by Crippen LogP contribution is -2.53. The lowest BCUT2D eigenvalue weighted by atomic mass is 10.0. The molecule has 5 nitrogen and oxygen atoms in total. The van der Waals surface area contributed by atoms with E-state index in [2.05, 4.69) is 25.1 Å². The molecule has 2 aromatic carbocycles. The summed E-state index contributed by atoms with van der Waals surface area (Å²) in [5, 5.41) is 10.3. The highest BCUT2D eigenvalue weighted by Crippen LogP contribution is 2.26. The number of halogens is 2. The summed E-state index contributed by atoms with van der Waals surface area (Å²) >= 11 is 14.0. The van der Waals surface area contributed by atoms with Crippen molar-refractivity contribution in [3.63, 3.8) is 0 Å². The molecule has 166 valence electrons. The summed E-state index contributed by atoms with van der Waals surface area (Å²) in [6.45, 7) is 3.86. The number of aliphatic carboxylic acids is 1. The third kappa shape index (κ3) is 7.06. The number of aryl methyl sites for hydroxylation is 1. The number of thioether (sulfide) groups is 1. The molecule has 1 aliphatic rings. The molecule has 3 rings (SSSR count). The SMILES string of the molecule is Cc1cccc(SCCCN2CC(CC(=O)O)CN(Cc3ccc(Cl)cc3Cl)C2=O)c1. The fourth-order valence-electron chi connectivity index (χ4n) is 3.74. The van der Waals surface area contributed by atoms with Gasteiger partial charge in [0, 0.05) is 47.0 Å². The summed E-state index contributed by atoms with van der Waals surface area (Å²) in [6.07, 6.45) is 0.867. The van der Waals surface area contributed by atoms with Crippen LogP contribution in [-0.4, -0.2) is 52.3 Å². The van der Waals surface area contributed by atoms with Crippen molar-refractivity contribution in [3.05, 3.63) is 63.6 Å². The molecule has 1 aliphatic heterocycles. The molecule has 1 saturated heterocycles. The van der Waals surface area contributed by atoms with Crippen molar-refractivity contribution in [1.82, 2.24) is 9.80 Å². The summed E-state index contributed by atoms with van der Waals surface area (Å²) in [6, 6.07) is 13.5. The monoisotopic (exact) mass is 480 g/mol. The molecule has 1 N–H and O–H groups in total. The van der Waals surface area contributed by atoms with E-state index in [4.69, 9.17) is 23.2 Å². The zero-order valence-corrected chi connectivity index (χ0v) is 19.7. The average molecular weight is 481 g/mol. The van der Waals surface area contributed by atoms with Crippen molar-refractivity contribution in [2.24, 2.45) is 5.92 Å². The number of carboxylic acid groups (broad SMARTS) is 1. The van der Waals surface area contributed by atoms with Gasteiger partial charge in [-0.15, -0.1) is 11.8 Å². The molecule has 1 unspecified atom stereocenters. The van der Waals surface area contributed by atoms with E-state index >= 15 is 0 Å². The van der Waals surface area contributed by atoms with Gasteiger partial charge in [0.05, 0.1) is 6.42 Å². The molecule has 0 radical (unpaired) electrons. The number of hydrogen-bond acceptors (Lipinski definition) is 3. The topological polar surface area (TPSA) is 60.9 Å². The number of carbonyl (C=O) groups excluding carboxylic acids is 1. The van der Waals surface area contributed by atoms with Gasteiger partial charge in [-0.1, -0.05) is 47.0 Å². The normalized spacial score (nSPS) is 16.6. The average Bonchev–Trinajstić information content (AvgIpc) is 2.70. The number of carboxylic acids is 1. The van der Waals surface area contributed by atoms with Crippen LogP contribution in [0.15, 0.2) is 47.4 Å². The second kappa shape index (κ2) is 11.1. The lowest BCUT2D eigenvalue weighted by molar-refractivity contribution is -0.138. The molecular formula is C23H26Cl2N2O3S. The fraction of sp³-hybridized carbons (Fsp3) is 0.391. The summed E-state index contributed by atoms with van der Waals surface area (Å²) in [4.78, 5) is 29.1. The molecular weight excluding hydrogens is 455 g/mol. The third-order valence-electron chi connectivity index (χ3n) is 5.17. The first-order valence-corrected chi connectivity index (χ1v) is 11.9. The van der Waals surface area contributed by atoms with Crippen LogP contribution in [0.4, 0.5) is 4.79 Å². The van der Waals surface area contributed by atoms with E-state index in [0.717, 1.165) is 17.7 Å². The maximum absolute atomic E-state index is 13.1. The molecule has 2 aromatic rings. The van der Waals surface area contributed by atoms with Crippen LogP contribution in [0.25, 0.3) is 0 Å². The molecule has 0 aromatic heterocycles. The van der Waals surface area contributed by atoms with E-state index in [1.54, 1.807) is 33.7 Å². The Bertz CT molecular complexity index is 941. The largest absolute Gasteiger partial charge is 0.481 e. The Kier molecular flexibility index (Phi) is 8.52. The number of rotatable bonds is 9. The van der Waals surface area contributed by atoms with Crippen LogP contribution >= 0.6 is 35.0 Å². The Morgan fingerprint density at radius 1 is 1.16 bits per heavy atom. The van der Waals surface area contributed by atoms with Gasteiger partial charge < -0.3 is 14.9 Å². The molecule has 31 heavy (non-hydrogen) atoms. The second-order valence-electron chi connectivity index (χ2n) is 7.83. The highest BCUT2D eigenvalue weighted by molar-refractivity contribution is 7.99. The molecule has 0 aliphatic carbocycles. The number of hydrogen-bond donors (Lipinski definition) is 1. The Labute approximate surface area is 197 Å². The van der Waals surface area contributed by atoms with E-state index in [-0.39, 0.29) is 18.4 Å². The highest BCUT2D eigenvalue weighted by Gasteiger charge is 2.32. The first-order valence-electron chi connectivity index (χ1n) is 10.2. The van der Waals surface area contributed by atoms with E-state index in [1.807, 2.05) is 12.1 Å². The molecule has 1 heterocycles. The first-order chi connectivity index (χ1) is 14.8. The second-order valence-corrected chi connectivity index (χ2v) is 9.84. The Morgan fingerprint density at radius 3 is 2.65 bits per heavy atom. The Balaban J connectivity index is 1.62. The highest BCUT2D eigenvalue weighted by atomic mass is 35.5. The van der Waals surface area contributed by atoms with Crippen LogP contribution in [0, 0.1) is 12.8 Å². The molecule has 1 atom stereocenters. The standard InChI is InChI=1S/C23H26Cl2N2O3S/c1-16-4-2-5-20(10-16)31-9-3-8-26-13-17(11-22(28)29)14-27(23(26)30)15-18-6-7-19(24)12-21(18)25/h2,4-7,10,12,17H,3,8-9,11,13-15H2,1H3,(H,28,29). The third-order valence-corrected chi connectivity index (χ3v) is 6.84. The van der Waals surface area contributed by atoms with E-state index < -0.39 is 5.97 Å². The van der Waals surface area contributed by atoms with Gasteiger partial charge in [-0.3, -0.25) is 4.79 Å². The zero-order valence-electron chi connectivity index (χ0n) is 17.4. The molecule has 8 heteroatoms. The van der Waals surface area contributed by atoms with Crippen molar-refractivity contribution in [2.45, 2.75) is 31.2 Å². The summed E-state index contributed by atoms with van der Waals surface area (Å²) in [5.74, 6) is -0.0793. The molecule has 0 bridgehead atoms. The van der Waals surface area contributed by atoms with Gasteiger partial charge in [0.2, 0.25) is 0 Å². The van der Waals surface area contributed by atoms with Crippen molar-refractivity contribution in [1.29, 1.82) is 0 Å². The van der Waals surface area contributed by atoms with Crippen LogP contribution < -0.4 is 0 Å². The van der Waals surface area contributed by atoms with Crippen molar-refractivity contribution in [3.8, 4) is 0 Å².